The van der Waals surface area contributed by atoms with Gasteiger partial charge >= 0.3 is 0 Å². The van der Waals surface area contributed by atoms with E-state index in [2.05, 4.69) is 16.7 Å². The van der Waals surface area contributed by atoms with Crippen LogP contribution in [0.4, 0.5) is 0 Å². The van der Waals surface area contributed by atoms with Crippen LogP contribution in [0.25, 0.3) is 0 Å². The molecule has 1 spiro atoms. The van der Waals surface area contributed by atoms with Gasteiger partial charge in [0.05, 0.1) is 6.04 Å². The zero-order valence-corrected chi connectivity index (χ0v) is 14.9. The van der Waals surface area contributed by atoms with Gasteiger partial charge in [0.2, 0.25) is 5.91 Å². The summed E-state index contributed by atoms with van der Waals surface area (Å²) < 4.78 is 0. The number of carbonyl (C=O) groups excluding carboxylic acids is 1. The molecule has 0 aromatic heterocycles. The van der Waals surface area contributed by atoms with Gasteiger partial charge in [0.25, 0.3) is 0 Å². The van der Waals surface area contributed by atoms with Crippen LogP contribution in [0.5, 0.6) is 0 Å². The average Bonchev–Trinajstić information content (AvgIpc) is 3.22. The SMILES string of the molecule is O=C(N[C@H](c1cccc(Cl)c1)C1CCCC1)C1CC2(CCCN2)C1. The highest BCUT2D eigenvalue weighted by Crippen LogP contribution is 2.44. The molecular weight excluding hydrogens is 320 g/mol. The van der Waals surface area contributed by atoms with Gasteiger partial charge in [-0.1, -0.05) is 36.6 Å². The van der Waals surface area contributed by atoms with Crippen LogP contribution in [-0.2, 0) is 4.79 Å². The molecule has 24 heavy (non-hydrogen) atoms. The number of hydrogen-bond acceptors (Lipinski definition) is 2. The summed E-state index contributed by atoms with van der Waals surface area (Å²) in [6.07, 6.45) is 9.44. The van der Waals surface area contributed by atoms with Crippen LogP contribution in [0.15, 0.2) is 24.3 Å². The molecule has 2 N–H and O–H groups in total. The zero-order valence-electron chi connectivity index (χ0n) is 14.2. The molecule has 3 fully saturated rings. The highest BCUT2D eigenvalue weighted by Gasteiger charge is 2.48. The van der Waals surface area contributed by atoms with Crippen molar-refractivity contribution in [1.82, 2.24) is 10.6 Å². The molecule has 2 aliphatic carbocycles. The predicted octanol–water partition coefficient (Wildman–Crippen LogP) is 4.22. The number of nitrogens with one attached hydrogen (secondary N) is 2. The predicted molar refractivity (Wildman–Crippen MR) is 97.0 cm³/mol. The fourth-order valence-corrected chi connectivity index (χ4v) is 5.22. The molecule has 1 aliphatic heterocycles. The Hall–Kier alpha value is -1.06. The summed E-state index contributed by atoms with van der Waals surface area (Å²) >= 11 is 6.19. The lowest BCUT2D eigenvalue weighted by Crippen LogP contribution is -2.56. The van der Waals surface area contributed by atoms with E-state index in [0.29, 0.717) is 5.92 Å². The Labute approximate surface area is 149 Å². The second-order valence-electron chi connectivity index (χ2n) is 8.00. The first-order valence-electron chi connectivity index (χ1n) is 9.46. The second kappa shape index (κ2) is 6.68. The van der Waals surface area contributed by atoms with E-state index in [1.54, 1.807) is 0 Å². The monoisotopic (exact) mass is 346 g/mol. The van der Waals surface area contributed by atoms with Crippen molar-refractivity contribution in [2.24, 2.45) is 11.8 Å². The molecule has 1 heterocycles. The summed E-state index contributed by atoms with van der Waals surface area (Å²) in [7, 11) is 0. The van der Waals surface area contributed by atoms with Crippen LogP contribution in [0.2, 0.25) is 5.02 Å². The lowest BCUT2D eigenvalue weighted by atomic mass is 9.67. The molecule has 1 aromatic rings. The molecule has 1 aromatic carbocycles. The lowest BCUT2D eigenvalue weighted by Gasteiger charge is -2.45. The molecule has 4 rings (SSSR count). The normalized spacial score (nSPS) is 31.1. The van der Waals surface area contributed by atoms with Crippen molar-refractivity contribution in [3.05, 3.63) is 34.9 Å². The summed E-state index contributed by atoms with van der Waals surface area (Å²) in [4.78, 5) is 12.8. The smallest absolute Gasteiger partial charge is 0.223 e. The number of benzene rings is 1. The van der Waals surface area contributed by atoms with Gasteiger partial charge in [0, 0.05) is 16.5 Å². The number of rotatable bonds is 4. The molecule has 1 atom stereocenters. The van der Waals surface area contributed by atoms with Gasteiger partial charge in [-0.2, -0.15) is 0 Å². The van der Waals surface area contributed by atoms with Crippen molar-refractivity contribution in [2.45, 2.75) is 62.9 Å². The number of hydrogen-bond donors (Lipinski definition) is 2. The van der Waals surface area contributed by atoms with Gasteiger partial charge < -0.3 is 10.6 Å². The highest BCUT2D eigenvalue weighted by atomic mass is 35.5. The minimum Gasteiger partial charge on any atom is -0.349 e. The Kier molecular flexibility index (Phi) is 4.57. The minimum absolute atomic E-state index is 0.117. The van der Waals surface area contributed by atoms with E-state index >= 15 is 0 Å². The molecule has 0 radical (unpaired) electrons. The third kappa shape index (κ3) is 3.21. The zero-order chi connectivity index (χ0) is 16.6. The Morgan fingerprint density at radius 2 is 2.04 bits per heavy atom. The Bertz CT molecular complexity index is 597. The number of carbonyl (C=O) groups is 1. The molecule has 1 saturated heterocycles. The van der Waals surface area contributed by atoms with E-state index in [1.807, 2.05) is 18.2 Å². The molecule has 0 unspecified atom stereocenters. The van der Waals surface area contributed by atoms with E-state index in [0.717, 1.165) is 30.0 Å². The molecule has 1 amide bonds. The third-order valence-corrected chi connectivity index (χ3v) is 6.59. The highest BCUT2D eigenvalue weighted by molar-refractivity contribution is 6.30. The Balaban J connectivity index is 1.44. The van der Waals surface area contributed by atoms with E-state index in [1.165, 1.54) is 38.5 Å². The van der Waals surface area contributed by atoms with Crippen molar-refractivity contribution < 1.29 is 4.79 Å². The van der Waals surface area contributed by atoms with Crippen LogP contribution in [-0.4, -0.2) is 18.0 Å². The topological polar surface area (TPSA) is 41.1 Å². The van der Waals surface area contributed by atoms with Crippen LogP contribution in [0, 0.1) is 11.8 Å². The molecule has 3 aliphatic rings. The summed E-state index contributed by atoms with van der Waals surface area (Å²) in [6, 6.07) is 8.14. The Morgan fingerprint density at radius 1 is 1.25 bits per heavy atom. The van der Waals surface area contributed by atoms with Crippen LogP contribution in [0.3, 0.4) is 0 Å². The maximum absolute atomic E-state index is 12.8. The molecule has 130 valence electrons. The molecule has 3 nitrogen and oxygen atoms in total. The summed E-state index contributed by atoms with van der Waals surface area (Å²) in [5.41, 5.74) is 1.44. The maximum Gasteiger partial charge on any atom is 0.223 e. The van der Waals surface area contributed by atoms with Gasteiger partial charge in [-0.3, -0.25) is 4.79 Å². The number of halogens is 1. The maximum atomic E-state index is 12.8. The minimum atomic E-state index is 0.117. The van der Waals surface area contributed by atoms with Crippen LogP contribution < -0.4 is 10.6 Å². The number of amides is 1. The van der Waals surface area contributed by atoms with Gasteiger partial charge in [0.15, 0.2) is 0 Å². The van der Waals surface area contributed by atoms with Crippen molar-refractivity contribution >= 4 is 17.5 Å². The first-order chi connectivity index (χ1) is 11.7. The van der Waals surface area contributed by atoms with E-state index < -0.39 is 0 Å². The van der Waals surface area contributed by atoms with Crippen molar-refractivity contribution in [1.29, 1.82) is 0 Å². The fourth-order valence-electron chi connectivity index (χ4n) is 5.02. The van der Waals surface area contributed by atoms with Crippen molar-refractivity contribution in [3.63, 3.8) is 0 Å². The van der Waals surface area contributed by atoms with Gasteiger partial charge in [-0.15, -0.1) is 0 Å². The van der Waals surface area contributed by atoms with Crippen molar-refractivity contribution in [3.8, 4) is 0 Å². The van der Waals surface area contributed by atoms with Crippen molar-refractivity contribution in [2.75, 3.05) is 6.54 Å². The summed E-state index contributed by atoms with van der Waals surface area (Å²) in [5.74, 6) is 0.968. The average molecular weight is 347 g/mol. The van der Waals surface area contributed by atoms with Crippen LogP contribution in [0.1, 0.15) is 63.0 Å². The standard InChI is InChI=1S/C20H27ClN2O/c21-17-8-3-7-15(11-17)18(14-5-1-2-6-14)23-19(24)16-12-20(13-16)9-4-10-22-20/h3,7-8,11,14,16,18,22H,1-2,4-6,9-10,12-13H2,(H,23,24)/t16?,18-,20?/m0/s1. The van der Waals surface area contributed by atoms with Crippen LogP contribution >= 0.6 is 11.6 Å². The molecule has 0 bridgehead atoms. The lowest BCUT2D eigenvalue weighted by molar-refractivity contribution is -0.131. The first kappa shape index (κ1) is 16.4. The quantitative estimate of drug-likeness (QED) is 0.857. The fraction of sp³-hybridized carbons (Fsp3) is 0.650. The molecular formula is C20H27ClN2O. The van der Waals surface area contributed by atoms with E-state index in [-0.39, 0.29) is 23.4 Å². The van der Waals surface area contributed by atoms with E-state index in [4.69, 9.17) is 11.6 Å². The third-order valence-electron chi connectivity index (χ3n) is 6.35. The molecule has 2 saturated carbocycles. The Morgan fingerprint density at radius 3 is 2.71 bits per heavy atom. The summed E-state index contributed by atoms with van der Waals surface area (Å²) in [6.45, 7) is 1.11. The van der Waals surface area contributed by atoms with E-state index in [9.17, 15) is 4.79 Å². The molecule has 4 heteroatoms. The summed E-state index contributed by atoms with van der Waals surface area (Å²) in [5, 5.41) is 7.74. The van der Waals surface area contributed by atoms with Gasteiger partial charge in [-0.05, 0) is 68.7 Å². The first-order valence-corrected chi connectivity index (χ1v) is 9.84. The van der Waals surface area contributed by atoms with Gasteiger partial charge in [-0.25, -0.2) is 0 Å². The largest absolute Gasteiger partial charge is 0.349 e. The van der Waals surface area contributed by atoms with Gasteiger partial charge in [0.1, 0.15) is 0 Å². The second-order valence-corrected chi connectivity index (χ2v) is 8.44.